The van der Waals surface area contributed by atoms with Gasteiger partial charge < -0.3 is 15.2 Å². The van der Waals surface area contributed by atoms with E-state index in [1.54, 1.807) is 4.90 Å². The molecule has 8 heteroatoms. The number of aromatic nitrogens is 1. The maximum atomic E-state index is 12.7. The Morgan fingerprint density at radius 2 is 1.88 bits per heavy atom. The number of aromatic carboxylic acids is 1. The van der Waals surface area contributed by atoms with Gasteiger partial charge >= 0.3 is 12.1 Å². The Balaban J connectivity index is 1.56. The highest BCUT2D eigenvalue weighted by Crippen LogP contribution is 2.32. The zero-order chi connectivity index (χ0) is 23.4. The molecule has 0 bridgehead atoms. The van der Waals surface area contributed by atoms with Crippen molar-refractivity contribution in [3.8, 4) is 0 Å². The van der Waals surface area contributed by atoms with Crippen molar-refractivity contribution in [3.63, 3.8) is 0 Å². The van der Waals surface area contributed by atoms with Crippen LogP contribution in [0.3, 0.4) is 0 Å². The number of carboxylic acid groups (broad SMARTS) is 1. The van der Waals surface area contributed by atoms with Crippen LogP contribution in [-0.2, 0) is 24.2 Å². The normalized spacial score (nSPS) is 12.2. The molecule has 1 aliphatic rings. The molecule has 0 spiro atoms. The van der Waals surface area contributed by atoms with Gasteiger partial charge in [-0.1, -0.05) is 42.5 Å². The van der Waals surface area contributed by atoms with Gasteiger partial charge in [0.25, 0.3) is 5.91 Å². The maximum Gasteiger partial charge on any atom is 0.414 e. The lowest BCUT2D eigenvalue weighted by molar-refractivity contribution is 0.0696. The fourth-order valence-electron chi connectivity index (χ4n) is 3.90. The molecule has 2 N–H and O–H groups in total. The standard InChI is InChI=1S/C25H23N3O5/c1-26-23(29)21-14-18(24(30)31)13-19(27-21)12-17-8-5-9-22-20(17)10-11-28(22)25(32)33-15-16-6-3-2-4-7-16/h2-9,13-14H,10-12,15H2,1H3,(H,26,29)(H,30,31). The predicted octanol–water partition coefficient (Wildman–Crippen LogP) is 3.43. The first-order valence-corrected chi connectivity index (χ1v) is 10.5. The third-order valence-corrected chi connectivity index (χ3v) is 5.51. The van der Waals surface area contributed by atoms with Gasteiger partial charge in [-0.3, -0.25) is 9.69 Å². The van der Waals surface area contributed by atoms with Crippen molar-refractivity contribution >= 4 is 23.7 Å². The van der Waals surface area contributed by atoms with Gasteiger partial charge in [0.1, 0.15) is 12.3 Å². The molecule has 3 aromatic rings. The van der Waals surface area contributed by atoms with Crippen LogP contribution < -0.4 is 10.2 Å². The summed E-state index contributed by atoms with van der Waals surface area (Å²) >= 11 is 0. The minimum atomic E-state index is -1.13. The van der Waals surface area contributed by atoms with E-state index in [0.717, 1.165) is 22.4 Å². The van der Waals surface area contributed by atoms with Gasteiger partial charge in [-0.2, -0.15) is 0 Å². The van der Waals surface area contributed by atoms with Gasteiger partial charge in [0.2, 0.25) is 0 Å². The van der Waals surface area contributed by atoms with E-state index in [0.29, 0.717) is 25.1 Å². The molecule has 0 saturated carbocycles. The largest absolute Gasteiger partial charge is 0.478 e. The second-order valence-corrected chi connectivity index (χ2v) is 7.65. The average Bonchev–Trinajstić information content (AvgIpc) is 3.28. The van der Waals surface area contributed by atoms with Crippen molar-refractivity contribution in [2.45, 2.75) is 19.4 Å². The first kappa shape index (κ1) is 22.0. The van der Waals surface area contributed by atoms with E-state index in [1.165, 1.54) is 19.2 Å². The molecule has 4 rings (SSSR count). The molecule has 0 radical (unpaired) electrons. The number of carboxylic acids is 1. The van der Waals surface area contributed by atoms with E-state index in [9.17, 15) is 19.5 Å². The van der Waals surface area contributed by atoms with E-state index in [4.69, 9.17) is 4.74 Å². The van der Waals surface area contributed by atoms with Crippen molar-refractivity contribution in [1.82, 2.24) is 10.3 Å². The smallest absolute Gasteiger partial charge is 0.414 e. The molecule has 0 fully saturated rings. The monoisotopic (exact) mass is 445 g/mol. The molecule has 2 heterocycles. The number of carbonyl (C=O) groups is 3. The molecule has 2 aromatic carbocycles. The summed E-state index contributed by atoms with van der Waals surface area (Å²) in [6.45, 7) is 0.686. The molecule has 0 unspecified atom stereocenters. The number of rotatable bonds is 6. The Morgan fingerprint density at radius 1 is 1.09 bits per heavy atom. The van der Waals surface area contributed by atoms with Crippen LogP contribution in [0.2, 0.25) is 0 Å². The first-order chi connectivity index (χ1) is 16.0. The lowest BCUT2D eigenvalue weighted by Crippen LogP contribution is -2.29. The SMILES string of the molecule is CNC(=O)c1cc(C(=O)O)cc(Cc2cccc3c2CCN3C(=O)OCc2ccccc2)n1. The number of benzene rings is 2. The van der Waals surface area contributed by atoms with Crippen LogP contribution in [0.5, 0.6) is 0 Å². The summed E-state index contributed by atoms with van der Waals surface area (Å²) in [5.41, 5.74) is 4.10. The summed E-state index contributed by atoms with van der Waals surface area (Å²) in [7, 11) is 1.46. The zero-order valence-electron chi connectivity index (χ0n) is 18.1. The number of nitrogens with one attached hydrogen (secondary N) is 1. The zero-order valence-corrected chi connectivity index (χ0v) is 18.1. The number of fused-ring (bicyclic) bond motifs is 1. The van der Waals surface area contributed by atoms with Gasteiger partial charge in [-0.05, 0) is 41.3 Å². The number of hydrogen-bond donors (Lipinski definition) is 2. The molecular weight excluding hydrogens is 422 g/mol. The number of anilines is 1. The van der Waals surface area contributed by atoms with Gasteiger partial charge in [0, 0.05) is 25.7 Å². The molecule has 2 amide bonds. The molecule has 0 saturated heterocycles. The van der Waals surface area contributed by atoms with Crippen LogP contribution >= 0.6 is 0 Å². The molecule has 168 valence electrons. The third-order valence-electron chi connectivity index (χ3n) is 5.51. The van der Waals surface area contributed by atoms with Crippen molar-refractivity contribution in [1.29, 1.82) is 0 Å². The van der Waals surface area contributed by atoms with Crippen molar-refractivity contribution < 1.29 is 24.2 Å². The summed E-state index contributed by atoms with van der Waals surface area (Å²) in [4.78, 5) is 42.2. The number of pyridine rings is 1. The number of hydrogen-bond acceptors (Lipinski definition) is 5. The van der Waals surface area contributed by atoms with Crippen molar-refractivity contribution in [2.24, 2.45) is 0 Å². The van der Waals surface area contributed by atoms with E-state index in [2.05, 4.69) is 10.3 Å². The van der Waals surface area contributed by atoms with Gasteiger partial charge in [-0.15, -0.1) is 0 Å². The van der Waals surface area contributed by atoms with Crippen LogP contribution in [0.1, 0.15) is 43.2 Å². The molecule has 0 atom stereocenters. The van der Waals surface area contributed by atoms with E-state index in [-0.39, 0.29) is 17.9 Å². The van der Waals surface area contributed by atoms with Crippen LogP contribution in [0.15, 0.2) is 60.7 Å². The van der Waals surface area contributed by atoms with E-state index < -0.39 is 18.0 Å². The Labute approximate surface area is 190 Å². The van der Waals surface area contributed by atoms with Gasteiger partial charge in [0.05, 0.1) is 11.3 Å². The van der Waals surface area contributed by atoms with E-state index >= 15 is 0 Å². The van der Waals surface area contributed by atoms with Crippen LogP contribution in [0.25, 0.3) is 0 Å². The average molecular weight is 445 g/mol. The lowest BCUT2D eigenvalue weighted by atomic mass is 9.99. The molecule has 33 heavy (non-hydrogen) atoms. The summed E-state index contributed by atoms with van der Waals surface area (Å²) in [5.74, 6) is -1.58. The first-order valence-electron chi connectivity index (χ1n) is 10.5. The second kappa shape index (κ2) is 9.52. The van der Waals surface area contributed by atoms with Crippen molar-refractivity contribution in [3.05, 3.63) is 94.3 Å². The Bertz CT molecular complexity index is 1210. The van der Waals surface area contributed by atoms with Crippen LogP contribution in [0, 0.1) is 0 Å². The quantitative estimate of drug-likeness (QED) is 0.602. The summed E-state index contributed by atoms with van der Waals surface area (Å²) in [5, 5.41) is 11.9. The summed E-state index contributed by atoms with van der Waals surface area (Å²) < 4.78 is 5.49. The lowest BCUT2D eigenvalue weighted by Gasteiger charge is -2.18. The van der Waals surface area contributed by atoms with Crippen LogP contribution in [-0.4, -0.2) is 41.7 Å². The summed E-state index contributed by atoms with van der Waals surface area (Å²) in [6.07, 6.45) is 0.566. The second-order valence-electron chi connectivity index (χ2n) is 7.65. The van der Waals surface area contributed by atoms with Gasteiger partial charge in [-0.25, -0.2) is 14.6 Å². The molecule has 0 aliphatic carbocycles. The minimum Gasteiger partial charge on any atom is -0.478 e. The Kier molecular flexibility index (Phi) is 6.35. The summed E-state index contributed by atoms with van der Waals surface area (Å²) in [6, 6.07) is 17.8. The maximum absolute atomic E-state index is 12.7. The minimum absolute atomic E-state index is 0.00251. The fraction of sp³-hybridized carbons (Fsp3) is 0.200. The topological polar surface area (TPSA) is 109 Å². The molecule has 1 aromatic heterocycles. The highest BCUT2D eigenvalue weighted by molar-refractivity contribution is 5.96. The van der Waals surface area contributed by atoms with Crippen LogP contribution in [0.4, 0.5) is 10.5 Å². The van der Waals surface area contributed by atoms with Crippen molar-refractivity contribution in [2.75, 3.05) is 18.5 Å². The Morgan fingerprint density at radius 3 is 2.61 bits per heavy atom. The molecule has 8 nitrogen and oxygen atoms in total. The number of ether oxygens (including phenoxy) is 1. The predicted molar refractivity (Wildman–Crippen MR) is 122 cm³/mol. The highest BCUT2D eigenvalue weighted by atomic mass is 16.6. The number of nitrogens with zero attached hydrogens (tertiary/aromatic N) is 2. The highest BCUT2D eigenvalue weighted by Gasteiger charge is 2.28. The number of amides is 2. The molecule has 1 aliphatic heterocycles. The number of carbonyl (C=O) groups excluding carboxylic acids is 2. The van der Waals surface area contributed by atoms with E-state index in [1.807, 2.05) is 48.5 Å². The van der Waals surface area contributed by atoms with Gasteiger partial charge in [0.15, 0.2) is 0 Å². The molecular formula is C25H23N3O5. The fourth-order valence-corrected chi connectivity index (χ4v) is 3.90. The third kappa shape index (κ3) is 4.85. The Hall–Kier alpha value is -4.20.